The van der Waals surface area contributed by atoms with Crippen molar-refractivity contribution in [2.45, 2.75) is 44.8 Å². The van der Waals surface area contributed by atoms with Crippen molar-refractivity contribution in [2.24, 2.45) is 0 Å². The Labute approximate surface area is 152 Å². The van der Waals surface area contributed by atoms with E-state index in [0.29, 0.717) is 32.5 Å². The molecule has 1 aliphatic heterocycles. The van der Waals surface area contributed by atoms with Crippen LogP contribution in [0.2, 0.25) is 0 Å². The summed E-state index contributed by atoms with van der Waals surface area (Å²) in [4.78, 5) is 14.5. The zero-order chi connectivity index (χ0) is 18.7. The number of aliphatic hydroxyl groups is 1. The van der Waals surface area contributed by atoms with E-state index in [4.69, 9.17) is 5.73 Å². The van der Waals surface area contributed by atoms with Gasteiger partial charge in [-0.1, -0.05) is 25.5 Å². The fourth-order valence-electron chi connectivity index (χ4n) is 3.53. The summed E-state index contributed by atoms with van der Waals surface area (Å²) >= 11 is 0. The Morgan fingerprint density at radius 1 is 1.19 bits per heavy atom. The molecule has 1 saturated heterocycles. The maximum Gasteiger partial charge on any atom is 0.275 e. The van der Waals surface area contributed by atoms with Crippen molar-refractivity contribution in [3.8, 4) is 0 Å². The van der Waals surface area contributed by atoms with Crippen molar-refractivity contribution in [1.82, 2.24) is 4.57 Å². The minimum absolute atomic E-state index is 0.157. The number of rotatable bonds is 5. The third-order valence-electron chi connectivity index (χ3n) is 5.25. The molecule has 1 aromatic heterocycles. The number of nitrogens with zero attached hydrogens (tertiary/aromatic N) is 2. The Kier molecular flexibility index (Phi) is 5.32. The Hall–Kier alpha value is -2.34. The van der Waals surface area contributed by atoms with Gasteiger partial charge in [-0.15, -0.1) is 0 Å². The molecule has 6 heteroatoms. The van der Waals surface area contributed by atoms with Crippen molar-refractivity contribution >= 4 is 11.4 Å². The highest BCUT2D eigenvalue weighted by Gasteiger charge is 2.34. The van der Waals surface area contributed by atoms with E-state index in [-0.39, 0.29) is 17.1 Å². The molecule has 0 spiro atoms. The fraction of sp³-hybridized carbons (Fsp3) is 0.450. The summed E-state index contributed by atoms with van der Waals surface area (Å²) in [5.74, 6) is -0.314. The van der Waals surface area contributed by atoms with Crippen LogP contribution in [-0.2, 0) is 12.1 Å². The molecule has 1 aliphatic rings. The lowest BCUT2D eigenvalue weighted by Gasteiger charge is -2.40. The van der Waals surface area contributed by atoms with Gasteiger partial charge in [-0.25, -0.2) is 4.39 Å². The number of hydrogen-bond acceptors (Lipinski definition) is 4. The zero-order valence-corrected chi connectivity index (χ0v) is 15.1. The van der Waals surface area contributed by atoms with E-state index < -0.39 is 5.60 Å². The molecule has 0 radical (unpaired) electrons. The highest BCUT2D eigenvalue weighted by molar-refractivity contribution is 5.66. The van der Waals surface area contributed by atoms with Crippen LogP contribution in [0.15, 0.2) is 41.3 Å². The van der Waals surface area contributed by atoms with E-state index >= 15 is 0 Å². The van der Waals surface area contributed by atoms with Crippen LogP contribution in [0.3, 0.4) is 0 Å². The molecular weight excluding hydrogens is 333 g/mol. The molecule has 3 N–H and O–H groups in total. The molecule has 2 aromatic rings. The van der Waals surface area contributed by atoms with Crippen molar-refractivity contribution in [2.75, 3.05) is 23.7 Å². The van der Waals surface area contributed by atoms with E-state index in [1.807, 2.05) is 11.0 Å². The monoisotopic (exact) mass is 359 g/mol. The fourth-order valence-corrected chi connectivity index (χ4v) is 3.53. The quantitative estimate of drug-likeness (QED) is 0.861. The molecule has 0 unspecified atom stereocenters. The standard InChI is InChI=1S/C20H26FN3O2/c1-2-3-11-24-12-8-17(18(22)19(24)25)23-13-9-20(26,10-14-23)15-4-6-16(21)7-5-15/h4-8,12,26H,2-3,9-11,13-14,22H2,1H3. The number of benzene rings is 1. The highest BCUT2D eigenvalue weighted by atomic mass is 19.1. The van der Waals surface area contributed by atoms with Crippen molar-refractivity contribution in [1.29, 1.82) is 0 Å². The Balaban J connectivity index is 1.74. The zero-order valence-electron chi connectivity index (χ0n) is 15.1. The van der Waals surface area contributed by atoms with Crippen LogP contribution in [0, 0.1) is 5.82 Å². The number of aromatic nitrogens is 1. The van der Waals surface area contributed by atoms with Crippen LogP contribution >= 0.6 is 0 Å². The van der Waals surface area contributed by atoms with Gasteiger partial charge in [0.1, 0.15) is 11.5 Å². The second-order valence-electron chi connectivity index (χ2n) is 6.99. The first kappa shape index (κ1) is 18.5. The van der Waals surface area contributed by atoms with Gasteiger partial charge in [-0.3, -0.25) is 4.79 Å². The van der Waals surface area contributed by atoms with Crippen LogP contribution in [0.1, 0.15) is 38.2 Å². The van der Waals surface area contributed by atoms with E-state index in [1.165, 1.54) is 12.1 Å². The molecule has 0 amide bonds. The van der Waals surface area contributed by atoms with Crippen molar-refractivity contribution < 1.29 is 9.50 Å². The molecule has 26 heavy (non-hydrogen) atoms. The average molecular weight is 359 g/mol. The molecule has 2 heterocycles. The third-order valence-corrected chi connectivity index (χ3v) is 5.25. The third kappa shape index (κ3) is 3.60. The lowest BCUT2D eigenvalue weighted by atomic mass is 9.84. The Morgan fingerprint density at radius 3 is 2.46 bits per heavy atom. The van der Waals surface area contributed by atoms with E-state index in [1.54, 1.807) is 22.9 Å². The smallest absolute Gasteiger partial charge is 0.275 e. The first-order valence-electron chi connectivity index (χ1n) is 9.17. The van der Waals surface area contributed by atoms with E-state index in [9.17, 15) is 14.3 Å². The number of aryl methyl sites for hydroxylation is 1. The second kappa shape index (κ2) is 7.50. The van der Waals surface area contributed by atoms with Gasteiger partial charge in [0, 0.05) is 25.8 Å². The number of nitrogens with two attached hydrogens (primary N) is 1. The highest BCUT2D eigenvalue weighted by Crippen LogP contribution is 2.35. The van der Waals surface area contributed by atoms with Gasteiger partial charge in [0.05, 0.1) is 11.3 Å². The maximum atomic E-state index is 13.1. The summed E-state index contributed by atoms with van der Waals surface area (Å²) in [5, 5.41) is 10.9. The predicted octanol–water partition coefficient (Wildman–Crippen LogP) is 2.86. The van der Waals surface area contributed by atoms with Crippen LogP contribution in [-0.4, -0.2) is 22.8 Å². The van der Waals surface area contributed by atoms with Gasteiger partial charge in [-0.05, 0) is 43.0 Å². The normalized spacial score (nSPS) is 16.7. The van der Waals surface area contributed by atoms with Gasteiger partial charge in [0.2, 0.25) is 0 Å². The van der Waals surface area contributed by atoms with Crippen LogP contribution in [0.4, 0.5) is 15.8 Å². The molecule has 140 valence electrons. The molecule has 0 bridgehead atoms. The van der Waals surface area contributed by atoms with E-state index in [2.05, 4.69) is 6.92 Å². The first-order valence-corrected chi connectivity index (χ1v) is 9.17. The Morgan fingerprint density at radius 2 is 1.85 bits per heavy atom. The molecule has 5 nitrogen and oxygen atoms in total. The van der Waals surface area contributed by atoms with Crippen molar-refractivity contribution in [3.05, 3.63) is 58.3 Å². The van der Waals surface area contributed by atoms with Crippen LogP contribution in [0.25, 0.3) is 0 Å². The molecule has 3 rings (SSSR count). The molecule has 1 fully saturated rings. The molecule has 0 aliphatic carbocycles. The van der Waals surface area contributed by atoms with Crippen LogP contribution in [0.5, 0.6) is 0 Å². The van der Waals surface area contributed by atoms with Crippen LogP contribution < -0.4 is 16.2 Å². The largest absolute Gasteiger partial charge is 0.393 e. The topological polar surface area (TPSA) is 71.5 Å². The maximum absolute atomic E-state index is 13.1. The lowest BCUT2D eigenvalue weighted by Crippen LogP contribution is -2.43. The van der Waals surface area contributed by atoms with Crippen molar-refractivity contribution in [3.63, 3.8) is 0 Å². The molecule has 1 aromatic carbocycles. The number of anilines is 2. The average Bonchev–Trinajstić information content (AvgIpc) is 2.64. The summed E-state index contributed by atoms with van der Waals surface area (Å²) in [5.41, 5.74) is 6.68. The van der Waals surface area contributed by atoms with Gasteiger partial charge in [0.15, 0.2) is 0 Å². The number of hydrogen-bond donors (Lipinski definition) is 2. The van der Waals surface area contributed by atoms with Gasteiger partial charge in [-0.2, -0.15) is 0 Å². The molecule has 0 saturated carbocycles. The number of unbranched alkanes of at least 4 members (excludes halogenated alkanes) is 1. The number of pyridine rings is 1. The minimum atomic E-state index is -0.977. The number of nitrogen functional groups attached to an aromatic ring is 1. The SMILES string of the molecule is CCCCn1ccc(N2CCC(O)(c3ccc(F)cc3)CC2)c(N)c1=O. The summed E-state index contributed by atoms with van der Waals surface area (Å²) in [6.07, 6.45) is 4.74. The summed E-state index contributed by atoms with van der Waals surface area (Å²) in [7, 11) is 0. The van der Waals surface area contributed by atoms with Gasteiger partial charge in [0.25, 0.3) is 5.56 Å². The number of piperidine rings is 1. The van der Waals surface area contributed by atoms with Gasteiger partial charge >= 0.3 is 0 Å². The second-order valence-corrected chi connectivity index (χ2v) is 6.99. The molecule has 0 atom stereocenters. The summed E-state index contributed by atoms with van der Waals surface area (Å²) < 4.78 is 14.8. The van der Waals surface area contributed by atoms with E-state index in [0.717, 1.165) is 24.1 Å². The lowest BCUT2D eigenvalue weighted by molar-refractivity contribution is 0.0117. The Bertz CT molecular complexity index is 809. The predicted molar refractivity (Wildman–Crippen MR) is 102 cm³/mol. The summed E-state index contributed by atoms with van der Waals surface area (Å²) in [6, 6.07) is 7.89. The first-order chi connectivity index (χ1) is 12.4. The summed E-state index contributed by atoms with van der Waals surface area (Å²) in [6.45, 7) is 3.91. The number of halogens is 1. The minimum Gasteiger partial charge on any atom is -0.393 e. The van der Waals surface area contributed by atoms with Gasteiger partial charge < -0.3 is 20.3 Å². The molecular formula is C20H26FN3O2.